The number of amides is 1. The molecule has 1 aromatic heterocycles. The van der Waals surface area contributed by atoms with Crippen molar-refractivity contribution in [1.82, 2.24) is 5.32 Å². The van der Waals surface area contributed by atoms with E-state index in [4.69, 9.17) is 9.52 Å². The summed E-state index contributed by atoms with van der Waals surface area (Å²) in [5, 5.41) is 11.9. The quantitative estimate of drug-likeness (QED) is 0.855. The van der Waals surface area contributed by atoms with E-state index in [1.54, 1.807) is 6.92 Å². The number of hydrogen-bond donors (Lipinski definition) is 2. The molecule has 0 saturated heterocycles. The number of nitrogens with one attached hydrogen (secondary N) is 1. The third-order valence-electron chi connectivity index (χ3n) is 4.08. The van der Waals surface area contributed by atoms with Gasteiger partial charge in [-0.1, -0.05) is 22.0 Å². The highest BCUT2D eigenvalue weighted by molar-refractivity contribution is 9.10. The molecule has 1 aromatic carbocycles. The van der Waals surface area contributed by atoms with E-state index in [2.05, 4.69) is 27.3 Å². The highest BCUT2D eigenvalue weighted by Gasteiger charge is 2.27. The summed E-state index contributed by atoms with van der Waals surface area (Å²) in [7, 11) is 0. The number of carboxylic acid groups (broad SMARTS) is 1. The number of furan rings is 1. The van der Waals surface area contributed by atoms with Gasteiger partial charge in [-0.3, -0.25) is 9.59 Å². The standard InChI is InChI=1S/C17H16BrNO4/c1-9-8-23-14(7-15(20)21)16(9)17(22)19-13-5-2-10-6-11(18)3-4-12(10)13/h3-4,6,8,13H,2,5,7H2,1H3,(H,19,22)(H,20,21). The number of aryl methyl sites for hydroxylation is 2. The minimum absolute atomic E-state index is 0.0578. The van der Waals surface area contributed by atoms with Crippen molar-refractivity contribution in [3.05, 3.63) is 56.9 Å². The van der Waals surface area contributed by atoms with Gasteiger partial charge in [-0.25, -0.2) is 0 Å². The van der Waals surface area contributed by atoms with E-state index in [-0.39, 0.29) is 24.1 Å². The molecule has 1 atom stereocenters. The summed E-state index contributed by atoms with van der Waals surface area (Å²) in [5.41, 5.74) is 3.31. The number of fused-ring (bicyclic) bond motifs is 1. The Kier molecular flexibility index (Phi) is 4.26. The molecule has 1 aliphatic rings. The molecule has 1 amide bonds. The van der Waals surface area contributed by atoms with Gasteiger partial charge < -0.3 is 14.8 Å². The molecule has 1 heterocycles. The average molecular weight is 378 g/mol. The topological polar surface area (TPSA) is 79.5 Å². The molecule has 120 valence electrons. The second-order valence-corrected chi connectivity index (χ2v) is 6.61. The Morgan fingerprint density at radius 2 is 2.22 bits per heavy atom. The van der Waals surface area contributed by atoms with Gasteiger partial charge >= 0.3 is 5.97 Å². The van der Waals surface area contributed by atoms with Crippen LogP contribution in [-0.2, 0) is 17.6 Å². The van der Waals surface area contributed by atoms with Crippen LogP contribution >= 0.6 is 15.9 Å². The minimum atomic E-state index is -1.02. The molecule has 0 aliphatic heterocycles. The maximum atomic E-state index is 12.6. The molecule has 3 rings (SSSR count). The Hall–Kier alpha value is -2.08. The zero-order chi connectivity index (χ0) is 16.6. The first-order chi connectivity index (χ1) is 11.0. The van der Waals surface area contributed by atoms with Crippen LogP contribution in [0.15, 0.2) is 33.4 Å². The second kappa shape index (κ2) is 6.20. The van der Waals surface area contributed by atoms with Crippen molar-refractivity contribution in [2.75, 3.05) is 0 Å². The Labute approximate surface area is 141 Å². The fraction of sp³-hybridized carbons (Fsp3) is 0.294. The number of carbonyl (C=O) groups is 2. The maximum Gasteiger partial charge on any atom is 0.311 e. The predicted molar refractivity (Wildman–Crippen MR) is 87.5 cm³/mol. The SMILES string of the molecule is Cc1coc(CC(=O)O)c1C(=O)NC1CCc2cc(Br)ccc21. The number of carboxylic acids is 1. The van der Waals surface area contributed by atoms with Crippen LogP contribution in [0.3, 0.4) is 0 Å². The van der Waals surface area contributed by atoms with Gasteiger partial charge in [0.15, 0.2) is 0 Å². The molecule has 23 heavy (non-hydrogen) atoms. The molecule has 0 radical (unpaired) electrons. The lowest BCUT2D eigenvalue weighted by Crippen LogP contribution is -2.28. The van der Waals surface area contributed by atoms with Gasteiger partial charge in [-0.05, 0) is 43.0 Å². The summed E-state index contributed by atoms with van der Waals surface area (Å²) in [6, 6.07) is 5.98. The second-order valence-electron chi connectivity index (χ2n) is 5.70. The molecular weight excluding hydrogens is 362 g/mol. The molecular formula is C17H16BrNO4. The van der Waals surface area contributed by atoms with Crippen LogP contribution in [0.2, 0.25) is 0 Å². The summed E-state index contributed by atoms with van der Waals surface area (Å²) in [5.74, 6) is -1.11. The van der Waals surface area contributed by atoms with Crippen molar-refractivity contribution in [2.45, 2.75) is 32.2 Å². The van der Waals surface area contributed by atoms with Crippen molar-refractivity contribution in [1.29, 1.82) is 0 Å². The monoisotopic (exact) mass is 377 g/mol. The zero-order valence-corrected chi connectivity index (χ0v) is 14.1. The number of rotatable bonds is 4. The van der Waals surface area contributed by atoms with Crippen LogP contribution in [0, 0.1) is 6.92 Å². The third kappa shape index (κ3) is 3.17. The fourth-order valence-electron chi connectivity index (χ4n) is 3.04. The highest BCUT2D eigenvalue weighted by Crippen LogP contribution is 2.33. The largest absolute Gasteiger partial charge is 0.481 e. The van der Waals surface area contributed by atoms with Crippen LogP contribution in [0.4, 0.5) is 0 Å². The van der Waals surface area contributed by atoms with Gasteiger partial charge in [0.2, 0.25) is 0 Å². The summed E-state index contributed by atoms with van der Waals surface area (Å²) in [6.45, 7) is 1.74. The third-order valence-corrected chi connectivity index (χ3v) is 4.57. The molecule has 1 unspecified atom stereocenters. The lowest BCUT2D eigenvalue weighted by atomic mass is 10.1. The van der Waals surface area contributed by atoms with E-state index in [0.29, 0.717) is 11.1 Å². The van der Waals surface area contributed by atoms with Gasteiger partial charge in [0.1, 0.15) is 12.2 Å². The van der Waals surface area contributed by atoms with Crippen LogP contribution in [0.25, 0.3) is 0 Å². The predicted octanol–water partition coefficient (Wildman–Crippen LogP) is 3.39. The van der Waals surface area contributed by atoms with Crippen molar-refractivity contribution >= 4 is 27.8 Å². The zero-order valence-electron chi connectivity index (χ0n) is 12.6. The number of hydrogen-bond acceptors (Lipinski definition) is 3. The Morgan fingerprint density at radius 1 is 1.43 bits per heavy atom. The summed E-state index contributed by atoms with van der Waals surface area (Å²) in [4.78, 5) is 23.5. The lowest BCUT2D eigenvalue weighted by Gasteiger charge is -2.14. The van der Waals surface area contributed by atoms with Crippen molar-refractivity contribution in [3.8, 4) is 0 Å². The van der Waals surface area contributed by atoms with Crippen LogP contribution in [0.5, 0.6) is 0 Å². The summed E-state index contributed by atoms with van der Waals surface area (Å²) < 4.78 is 6.25. The molecule has 2 N–H and O–H groups in total. The summed E-state index contributed by atoms with van der Waals surface area (Å²) >= 11 is 3.45. The number of benzene rings is 1. The van der Waals surface area contributed by atoms with Gasteiger partial charge in [0, 0.05) is 10.0 Å². The van der Waals surface area contributed by atoms with Gasteiger partial charge in [0.25, 0.3) is 5.91 Å². The van der Waals surface area contributed by atoms with Crippen LogP contribution < -0.4 is 5.32 Å². The molecule has 0 fully saturated rings. The first-order valence-corrected chi connectivity index (χ1v) is 8.13. The molecule has 0 bridgehead atoms. The van der Waals surface area contributed by atoms with Crippen molar-refractivity contribution in [3.63, 3.8) is 0 Å². The van der Waals surface area contributed by atoms with Gasteiger partial charge in [0.05, 0.1) is 17.9 Å². The first kappa shape index (κ1) is 15.8. The highest BCUT2D eigenvalue weighted by atomic mass is 79.9. The number of aliphatic carboxylic acids is 1. The Morgan fingerprint density at radius 3 is 2.96 bits per heavy atom. The number of carbonyl (C=O) groups excluding carboxylic acids is 1. The van der Waals surface area contributed by atoms with E-state index >= 15 is 0 Å². The van der Waals surface area contributed by atoms with E-state index in [9.17, 15) is 9.59 Å². The first-order valence-electron chi connectivity index (χ1n) is 7.33. The van der Waals surface area contributed by atoms with Crippen LogP contribution in [0.1, 0.15) is 45.3 Å². The normalized spacial score (nSPS) is 16.2. The molecule has 2 aromatic rings. The molecule has 0 saturated carbocycles. The molecule has 6 heteroatoms. The molecule has 0 spiro atoms. The van der Waals surface area contributed by atoms with E-state index in [1.165, 1.54) is 11.8 Å². The van der Waals surface area contributed by atoms with Crippen molar-refractivity contribution < 1.29 is 19.1 Å². The Bertz CT molecular complexity index is 781. The molecule has 5 nitrogen and oxygen atoms in total. The van der Waals surface area contributed by atoms with E-state index in [0.717, 1.165) is 22.9 Å². The van der Waals surface area contributed by atoms with E-state index < -0.39 is 5.97 Å². The minimum Gasteiger partial charge on any atom is -0.481 e. The summed E-state index contributed by atoms with van der Waals surface area (Å²) in [6.07, 6.45) is 2.87. The molecule has 1 aliphatic carbocycles. The maximum absolute atomic E-state index is 12.6. The van der Waals surface area contributed by atoms with E-state index in [1.807, 2.05) is 12.1 Å². The van der Waals surface area contributed by atoms with Crippen LogP contribution in [-0.4, -0.2) is 17.0 Å². The Balaban J connectivity index is 1.82. The smallest absolute Gasteiger partial charge is 0.311 e. The number of halogens is 1. The van der Waals surface area contributed by atoms with Gasteiger partial charge in [-0.2, -0.15) is 0 Å². The lowest BCUT2D eigenvalue weighted by molar-refractivity contribution is -0.136. The average Bonchev–Trinajstić information content (AvgIpc) is 3.02. The fourth-order valence-corrected chi connectivity index (χ4v) is 3.45. The van der Waals surface area contributed by atoms with Crippen molar-refractivity contribution in [2.24, 2.45) is 0 Å². The van der Waals surface area contributed by atoms with Gasteiger partial charge in [-0.15, -0.1) is 0 Å².